The summed E-state index contributed by atoms with van der Waals surface area (Å²) in [5.41, 5.74) is 8.47. The van der Waals surface area contributed by atoms with Gasteiger partial charge in [-0.2, -0.15) is 0 Å². The van der Waals surface area contributed by atoms with Crippen molar-refractivity contribution in [1.82, 2.24) is 26.5 Å². The molecule has 0 aliphatic carbocycles. The van der Waals surface area contributed by atoms with E-state index in [0.29, 0.717) is 6.04 Å². The van der Waals surface area contributed by atoms with Crippen molar-refractivity contribution in [2.45, 2.75) is 38.4 Å². The number of hydrogen-bond donors (Lipinski definition) is 4. The first kappa shape index (κ1) is 22.0. The fraction of sp³-hybridized carbons (Fsp3) is 0.500. The van der Waals surface area contributed by atoms with Gasteiger partial charge in [-0.3, -0.25) is 10.2 Å². The Bertz CT molecular complexity index is 844. The average Bonchev–Trinajstić information content (AvgIpc) is 3.32. The van der Waals surface area contributed by atoms with Crippen LogP contribution in [-0.4, -0.2) is 43.2 Å². The van der Waals surface area contributed by atoms with E-state index in [-0.39, 0.29) is 36.3 Å². The summed E-state index contributed by atoms with van der Waals surface area (Å²) in [6.45, 7) is 5.88. The summed E-state index contributed by atoms with van der Waals surface area (Å²) in [6, 6.07) is 7.94. The van der Waals surface area contributed by atoms with Gasteiger partial charge in [0.1, 0.15) is 16.8 Å². The van der Waals surface area contributed by atoms with E-state index in [1.54, 1.807) is 18.4 Å². The molecule has 0 bridgehead atoms. The van der Waals surface area contributed by atoms with Crippen LogP contribution < -0.4 is 26.2 Å². The minimum atomic E-state index is -0.213. The highest BCUT2D eigenvalue weighted by Crippen LogP contribution is 2.33. The molecule has 9 heteroatoms. The molecule has 4 unspecified atom stereocenters. The van der Waals surface area contributed by atoms with Crippen molar-refractivity contribution in [2.24, 2.45) is 5.92 Å². The zero-order valence-electron chi connectivity index (χ0n) is 16.8. The molecule has 1 aromatic heterocycles. The topological polar surface area (TPSA) is 87.3 Å². The molecule has 4 N–H and O–H groups in total. The standard InChI is InChI=1S/C20H27N5O2S.ClH/c1-11(22-19(26)17-15-10-21-9-8-16(15)24-25-17)18-12(2)23-20(28-18)13-4-6-14(27-3)7-5-13;/h4-7,11,15-17,21,24-25H,8-10H2,1-3H3,(H,22,26);1H. The number of hydrogen-bond acceptors (Lipinski definition) is 7. The highest BCUT2D eigenvalue weighted by molar-refractivity contribution is 7.15. The summed E-state index contributed by atoms with van der Waals surface area (Å²) in [6.07, 6.45) is 1.04. The number of amides is 1. The van der Waals surface area contributed by atoms with Gasteiger partial charge in [0, 0.05) is 24.1 Å². The van der Waals surface area contributed by atoms with Gasteiger partial charge in [-0.05, 0) is 51.1 Å². The number of thiazole rings is 1. The lowest BCUT2D eigenvalue weighted by Gasteiger charge is -2.28. The van der Waals surface area contributed by atoms with Gasteiger partial charge in [0.2, 0.25) is 5.91 Å². The maximum atomic E-state index is 12.9. The van der Waals surface area contributed by atoms with E-state index in [9.17, 15) is 4.79 Å². The number of methoxy groups -OCH3 is 1. The fourth-order valence-electron chi connectivity index (χ4n) is 4.01. The van der Waals surface area contributed by atoms with Crippen LogP contribution >= 0.6 is 23.7 Å². The smallest absolute Gasteiger partial charge is 0.239 e. The van der Waals surface area contributed by atoms with E-state index in [2.05, 4.69) is 21.5 Å². The summed E-state index contributed by atoms with van der Waals surface area (Å²) in [4.78, 5) is 18.7. The molecule has 158 valence electrons. The number of aryl methyl sites for hydroxylation is 1. The highest BCUT2D eigenvalue weighted by Gasteiger charge is 2.41. The minimum Gasteiger partial charge on any atom is -0.497 e. The number of benzene rings is 1. The Morgan fingerprint density at radius 3 is 2.79 bits per heavy atom. The number of fused-ring (bicyclic) bond motifs is 1. The molecule has 3 heterocycles. The van der Waals surface area contributed by atoms with Crippen molar-refractivity contribution >= 4 is 29.7 Å². The van der Waals surface area contributed by atoms with E-state index >= 15 is 0 Å². The second-order valence-corrected chi connectivity index (χ2v) is 8.49. The third-order valence-electron chi connectivity index (χ3n) is 5.59. The molecule has 2 aromatic rings. The second kappa shape index (κ2) is 9.40. The second-order valence-electron chi connectivity index (χ2n) is 7.46. The van der Waals surface area contributed by atoms with Gasteiger partial charge in [0.25, 0.3) is 0 Å². The number of carbonyl (C=O) groups is 1. The molecule has 0 saturated carbocycles. The Balaban J connectivity index is 0.00000240. The van der Waals surface area contributed by atoms with Gasteiger partial charge in [0.15, 0.2) is 0 Å². The molecular weight excluding hydrogens is 410 g/mol. The van der Waals surface area contributed by atoms with E-state index in [0.717, 1.165) is 46.4 Å². The Hall–Kier alpha value is -1.71. The van der Waals surface area contributed by atoms with Crippen LogP contribution in [0, 0.1) is 12.8 Å². The predicted molar refractivity (Wildman–Crippen MR) is 117 cm³/mol. The number of hydrazine groups is 1. The number of halogens is 1. The molecule has 4 rings (SSSR count). The van der Waals surface area contributed by atoms with Crippen LogP contribution in [0.3, 0.4) is 0 Å². The van der Waals surface area contributed by atoms with Crippen LogP contribution in [0.1, 0.15) is 30.0 Å². The van der Waals surface area contributed by atoms with Gasteiger partial charge in [-0.1, -0.05) is 0 Å². The summed E-state index contributed by atoms with van der Waals surface area (Å²) in [7, 11) is 1.66. The van der Waals surface area contributed by atoms with E-state index in [1.165, 1.54) is 0 Å². The molecule has 1 amide bonds. The van der Waals surface area contributed by atoms with Crippen molar-refractivity contribution in [2.75, 3.05) is 20.2 Å². The van der Waals surface area contributed by atoms with Crippen LogP contribution in [0.15, 0.2) is 24.3 Å². The minimum absolute atomic E-state index is 0. The first-order valence-electron chi connectivity index (χ1n) is 9.70. The number of carbonyl (C=O) groups excluding carboxylic acids is 1. The van der Waals surface area contributed by atoms with Gasteiger partial charge in [0.05, 0.1) is 23.7 Å². The molecule has 2 saturated heterocycles. The predicted octanol–water partition coefficient (Wildman–Crippen LogP) is 2.18. The third kappa shape index (κ3) is 4.57. The molecule has 2 fully saturated rings. The maximum absolute atomic E-state index is 12.9. The van der Waals surface area contributed by atoms with Crippen LogP contribution in [-0.2, 0) is 4.79 Å². The number of rotatable bonds is 5. The zero-order chi connectivity index (χ0) is 19.7. The number of nitrogens with zero attached hydrogens (tertiary/aromatic N) is 1. The van der Waals surface area contributed by atoms with Crippen LogP contribution in [0.4, 0.5) is 0 Å². The van der Waals surface area contributed by atoms with Gasteiger partial charge >= 0.3 is 0 Å². The van der Waals surface area contributed by atoms with Crippen molar-refractivity contribution in [1.29, 1.82) is 0 Å². The maximum Gasteiger partial charge on any atom is 0.239 e. The molecular formula is C20H28ClN5O2S. The fourth-order valence-corrected chi connectivity index (χ4v) is 5.09. The third-order valence-corrected chi connectivity index (χ3v) is 6.97. The zero-order valence-corrected chi connectivity index (χ0v) is 18.5. The Morgan fingerprint density at radius 1 is 1.31 bits per heavy atom. The molecule has 0 spiro atoms. The number of piperidine rings is 1. The summed E-state index contributed by atoms with van der Waals surface area (Å²) >= 11 is 1.63. The number of nitrogens with one attached hydrogen (secondary N) is 4. The van der Waals surface area contributed by atoms with Crippen molar-refractivity contribution in [3.63, 3.8) is 0 Å². The molecule has 0 radical (unpaired) electrons. The quantitative estimate of drug-likeness (QED) is 0.573. The van der Waals surface area contributed by atoms with Gasteiger partial charge in [-0.15, -0.1) is 23.7 Å². The molecule has 2 aliphatic rings. The van der Waals surface area contributed by atoms with Crippen molar-refractivity contribution < 1.29 is 9.53 Å². The Kier molecular flexibility index (Phi) is 7.13. The van der Waals surface area contributed by atoms with Crippen molar-refractivity contribution in [3.05, 3.63) is 34.8 Å². The average molecular weight is 438 g/mol. The summed E-state index contributed by atoms with van der Waals surface area (Å²) in [5, 5.41) is 7.52. The molecule has 7 nitrogen and oxygen atoms in total. The van der Waals surface area contributed by atoms with Gasteiger partial charge in [-0.25, -0.2) is 10.4 Å². The number of aromatic nitrogens is 1. The lowest BCUT2D eigenvalue weighted by molar-refractivity contribution is -0.124. The monoisotopic (exact) mass is 437 g/mol. The number of ether oxygens (including phenoxy) is 1. The Labute approximate surface area is 181 Å². The van der Waals surface area contributed by atoms with E-state index in [4.69, 9.17) is 9.72 Å². The lowest BCUT2D eigenvalue weighted by Crippen LogP contribution is -2.49. The van der Waals surface area contributed by atoms with E-state index < -0.39 is 0 Å². The van der Waals surface area contributed by atoms with Gasteiger partial charge < -0.3 is 15.4 Å². The molecule has 1 aromatic carbocycles. The first-order chi connectivity index (χ1) is 13.6. The molecule has 29 heavy (non-hydrogen) atoms. The van der Waals surface area contributed by atoms with Crippen LogP contribution in [0.5, 0.6) is 5.75 Å². The Morgan fingerprint density at radius 2 is 2.07 bits per heavy atom. The van der Waals surface area contributed by atoms with E-state index in [1.807, 2.05) is 38.1 Å². The summed E-state index contributed by atoms with van der Waals surface area (Å²) in [5.74, 6) is 1.14. The SMILES string of the molecule is COc1ccc(-c2nc(C)c(C(C)NC(=O)C3NNC4CCNCC43)s2)cc1.Cl. The van der Waals surface area contributed by atoms with Crippen molar-refractivity contribution in [3.8, 4) is 16.3 Å². The first-order valence-corrected chi connectivity index (χ1v) is 10.5. The molecule has 4 atom stereocenters. The van der Waals surface area contributed by atoms with Crippen LogP contribution in [0.2, 0.25) is 0 Å². The largest absolute Gasteiger partial charge is 0.497 e. The normalized spacial score (nSPS) is 24.3. The summed E-state index contributed by atoms with van der Waals surface area (Å²) < 4.78 is 5.22. The lowest BCUT2D eigenvalue weighted by atomic mass is 9.89. The van der Waals surface area contributed by atoms with Crippen LogP contribution in [0.25, 0.3) is 10.6 Å². The highest BCUT2D eigenvalue weighted by atomic mass is 35.5. The molecule has 2 aliphatic heterocycles.